The van der Waals surface area contributed by atoms with Crippen molar-refractivity contribution < 1.29 is 4.74 Å². The monoisotopic (exact) mass is 262 g/mol. The van der Waals surface area contributed by atoms with E-state index in [0.717, 1.165) is 41.1 Å². The summed E-state index contributed by atoms with van der Waals surface area (Å²) in [5.74, 6) is 0. The third-order valence-corrected chi connectivity index (χ3v) is 3.44. The maximum atomic E-state index is 6.01. The summed E-state index contributed by atoms with van der Waals surface area (Å²) in [7, 11) is 0. The van der Waals surface area contributed by atoms with Crippen LogP contribution in [0.3, 0.4) is 0 Å². The second-order valence-corrected chi connectivity index (χ2v) is 4.98. The van der Waals surface area contributed by atoms with Crippen molar-refractivity contribution in [3.05, 3.63) is 41.0 Å². The molecular weight excluding hydrogens is 248 g/mol. The first kappa shape index (κ1) is 11.9. The molecule has 1 aromatic carbocycles. The van der Waals surface area contributed by atoms with Crippen molar-refractivity contribution in [1.29, 1.82) is 0 Å². The molecule has 0 bridgehead atoms. The highest BCUT2D eigenvalue weighted by Gasteiger charge is 2.14. The Morgan fingerprint density at radius 1 is 1.33 bits per heavy atom. The Bertz CT molecular complexity index is 550. The molecule has 0 radical (unpaired) electrons. The Morgan fingerprint density at radius 3 is 3.22 bits per heavy atom. The average Bonchev–Trinajstić information content (AvgIpc) is 2.66. The molecule has 1 aliphatic heterocycles. The summed E-state index contributed by atoms with van der Waals surface area (Å²) < 4.78 is 5.58. The standard InChI is InChI=1S/C14H15ClN2O/c15-12-2-3-13-10(7-12)6-11(8-17-13)14-9-18-5-1-4-16-14/h2-3,6-8,14,16H,1,4-5,9H2. The maximum Gasteiger partial charge on any atom is 0.0703 e. The van der Waals surface area contributed by atoms with Crippen LogP contribution in [0.2, 0.25) is 5.02 Å². The summed E-state index contributed by atoms with van der Waals surface area (Å²) in [6, 6.07) is 8.12. The Balaban J connectivity index is 1.96. The lowest BCUT2D eigenvalue weighted by molar-refractivity contribution is 0.131. The summed E-state index contributed by atoms with van der Waals surface area (Å²) in [5, 5.41) is 5.30. The predicted octanol–water partition coefficient (Wildman–Crippen LogP) is 2.94. The van der Waals surface area contributed by atoms with E-state index in [2.05, 4.69) is 16.4 Å². The molecule has 1 aliphatic rings. The number of hydrogen-bond donors (Lipinski definition) is 1. The number of ether oxygens (including phenoxy) is 1. The summed E-state index contributed by atoms with van der Waals surface area (Å²) in [6.07, 6.45) is 2.98. The van der Waals surface area contributed by atoms with Crippen LogP contribution in [0.4, 0.5) is 0 Å². The second kappa shape index (κ2) is 5.22. The van der Waals surface area contributed by atoms with Crippen molar-refractivity contribution in [3.63, 3.8) is 0 Å². The van der Waals surface area contributed by atoms with E-state index in [1.165, 1.54) is 0 Å². The van der Waals surface area contributed by atoms with Gasteiger partial charge in [-0.05, 0) is 42.8 Å². The van der Waals surface area contributed by atoms with E-state index in [-0.39, 0.29) is 6.04 Å². The van der Waals surface area contributed by atoms with E-state index in [1.54, 1.807) is 0 Å². The lowest BCUT2D eigenvalue weighted by Gasteiger charge is -2.15. The van der Waals surface area contributed by atoms with Crippen molar-refractivity contribution in [2.24, 2.45) is 0 Å². The summed E-state index contributed by atoms with van der Waals surface area (Å²) in [4.78, 5) is 4.47. The highest BCUT2D eigenvalue weighted by Crippen LogP contribution is 2.22. The summed E-state index contributed by atoms with van der Waals surface area (Å²) in [5.41, 5.74) is 2.13. The number of nitrogens with one attached hydrogen (secondary N) is 1. The zero-order valence-corrected chi connectivity index (χ0v) is 10.8. The van der Waals surface area contributed by atoms with Gasteiger partial charge in [0, 0.05) is 23.2 Å². The van der Waals surface area contributed by atoms with Crippen LogP contribution in [-0.2, 0) is 4.74 Å². The topological polar surface area (TPSA) is 34.1 Å². The molecule has 1 unspecified atom stereocenters. The smallest absolute Gasteiger partial charge is 0.0703 e. The predicted molar refractivity (Wildman–Crippen MR) is 72.9 cm³/mol. The number of aromatic nitrogens is 1. The van der Waals surface area contributed by atoms with Gasteiger partial charge < -0.3 is 10.1 Å². The molecule has 18 heavy (non-hydrogen) atoms. The molecule has 1 fully saturated rings. The third-order valence-electron chi connectivity index (χ3n) is 3.21. The lowest BCUT2D eigenvalue weighted by Crippen LogP contribution is -2.23. The van der Waals surface area contributed by atoms with Gasteiger partial charge in [-0.3, -0.25) is 4.98 Å². The van der Waals surface area contributed by atoms with Crippen LogP contribution in [0.1, 0.15) is 18.0 Å². The normalized spacial score (nSPS) is 20.8. The molecule has 94 valence electrons. The van der Waals surface area contributed by atoms with Crippen LogP contribution >= 0.6 is 11.6 Å². The van der Waals surface area contributed by atoms with E-state index in [4.69, 9.17) is 16.3 Å². The van der Waals surface area contributed by atoms with Crippen LogP contribution in [0, 0.1) is 0 Å². The molecule has 1 N–H and O–H groups in total. The molecule has 0 amide bonds. The van der Waals surface area contributed by atoms with Crippen LogP contribution < -0.4 is 5.32 Å². The summed E-state index contributed by atoms with van der Waals surface area (Å²) in [6.45, 7) is 2.52. The third kappa shape index (κ3) is 2.48. The first-order chi connectivity index (χ1) is 8.83. The van der Waals surface area contributed by atoms with Crippen molar-refractivity contribution in [1.82, 2.24) is 10.3 Å². The van der Waals surface area contributed by atoms with E-state index in [0.29, 0.717) is 6.61 Å². The fourth-order valence-electron chi connectivity index (χ4n) is 2.23. The number of rotatable bonds is 1. The number of nitrogens with zero attached hydrogens (tertiary/aromatic N) is 1. The van der Waals surface area contributed by atoms with E-state index in [1.807, 2.05) is 24.4 Å². The van der Waals surface area contributed by atoms with Crippen molar-refractivity contribution in [2.75, 3.05) is 19.8 Å². The fourth-order valence-corrected chi connectivity index (χ4v) is 2.42. The van der Waals surface area contributed by atoms with Crippen LogP contribution in [-0.4, -0.2) is 24.7 Å². The van der Waals surface area contributed by atoms with Gasteiger partial charge in [-0.1, -0.05) is 11.6 Å². The van der Waals surface area contributed by atoms with E-state index < -0.39 is 0 Å². The molecule has 2 aromatic rings. The van der Waals surface area contributed by atoms with Gasteiger partial charge in [0.05, 0.1) is 18.2 Å². The first-order valence-electron chi connectivity index (χ1n) is 6.19. The summed E-state index contributed by atoms with van der Waals surface area (Å²) >= 11 is 6.01. The molecule has 4 heteroatoms. The molecule has 2 heterocycles. The minimum atomic E-state index is 0.225. The maximum absolute atomic E-state index is 6.01. The van der Waals surface area contributed by atoms with Gasteiger partial charge in [0.1, 0.15) is 0 Å². The SMILES string of the molecule is Clc1ccc2ncc(C3COCCCN3)cc2c1. The molecule has 3 rings (SSSR count). The minimum absolute atomic E-state index is 0.225. The Kier molecular flexibility index (Phi) is 3.46. The highest BCUT2D eigenvalue weighted by molar-refractivity contribution is 6.31. The van der Waals surface area contributed by atoms with Gasteiger partial charge in [0.2, 0.25) is 0 Å². The van der Waals surface area contributed by atoms with Gasteiger partial charge in [-0.2, -0.15) is 0 Å². The minimum Gasteiger partial charge on any atom is -0.379 e. The molecule has 0 aliphatic carbocycles. The van der Waals surface area contributed by atoms with Gasteiger partial charge in [0.25, 0.3) is 0 Å². The van der Waals surface area contributed by atoms with Crippen molar-refractivity contribution in [2.45, 2.75) is 12.5 Å². The zero-order valence-electron chi connectivity index (χ0n) is 10.0. The van der Waals surface area contributed by atoms with Gasteiger partial charge in [-0.25, -0.2) is 0 Å². The molecule has 1 aromatic heterocycles. The zero-order chi connectivity index (χ0) is 12.4. The first-order valence-corrected chi connectivity index (χ1v) is 6.57. The largest absolute Gasteiger partial charge is 0.379 e. The van der Waals surface area contributed by atoms with Crippen LogP contribution in [0.25, 0.3) is 10.9 Å². The van der Waals surface area contributed by atoms with Gasteiger partial charge >= 0.3 is 0 Å². The van der Waals surface area contributed by atoms with E-state index >= 15 is 0 Å². The quantitative estimate of drug-likeness (QED) is 0.858. The Morgan fingerprint density at radius 2 is 2.28 bits per heavy atom. The van der Waals surface area contributed by atoms with Crippen molar-refractivity contribution >= 4 is 22.5 Å². The molecular formula is C14H15ClN2O. The average molecular weight is 263 g/mol. The van der Waals surface area contributed by atoms with Gasteiger partial charge in [-0.15, -0.1) is 0 Å². The number of halogens is 1. The molecule has 0 saturated carbocycles. The van der Waals surface area contributed by atoms with Crippen LogP contribution in [0.5, 0.6) is 0 Å². The van der Waals surface area contributed by atoms with Crippen LogP contribution in [0.15, 0.2) is 30.5 Å². The fraction of sp³-hybridized carbons (Fsp3) is 0.357. The Labute approximate surface area is 111 Å². The molecule has 1 saturated heterocycles. The molecule has 0 spiro atoms. The molecule has 3 nitrogen and oxygen atoms in total. The van der Waals surface area contributed by atoms with Crippen molar-refractivity contribution in [3.8, 4) is 0 Å². The number of hydrogen-bond acceptors (Lipinski definition) is 3. The number of fused-ring (bicyclic) bond motifs is 1. The number of benzene rings is 1. The van der Waals surface area contributed by atoms with Gasteiger partial charge in [0.15, 0.2) is 0 Å². The van der Waals surface area contributed by atoms with E-state index in [9.17, 15) is 0 Å². The second-order valence-electron chi connectivity index (χ2n) is 4.54. The lowest BCUT2D eigenvalue weighted by atomic mass is 10.1. The Hall–Kier alpha value is -1.16. The number of pyridine rings is 1. The molecule has 1 atom stereocenters. The highest BCUT2D eigenvalue weighted by atomic mass is 35.5.